The van der Waals surface area contributed by atoms with Crippen molar-refractivity contribution in [2.45, 2.75) is 12.5 Å². The molecule has 2 N–H and O–H groups in total. The Hall–Kier alpha value is -1.40. The second-order valence-corrected chi connectivity index (χ2v) is 2.63. The van der Waals surface area contributed by atoms with Gasteiger partial charge in [0.15, 0.2) is 0 Å². The number of alkyl halides is 2. The third-order valence-corrected chi connectivity index (χ3v) is 1.73. The molecule has 68 valence electrons. The zero-order chi connectivity index (χ0) is 9.84. The first-order valence-electron chi connectivity index (χ1n) is 3.75. The van der Waals surface area contributed by atoms with Crippen molar-refractivity contribution in [1.82, 2.24) is 0 Å². The quantitative estimate of drug-likeness (QED) is 0.693. The van der Waals surface area contributed by atoms with Crippen LogP contribution in [0, 0.1) is 12.3 Å². The number of terminal acetylenes is 1. The second kappa shape index (κ2) is 4.01. The van der Waals surface area contributed by atoms with E-state index in [1.807, 2.05) is 0 Å². The van der Waals surface area contributed by atoms with E-state index < -0.39 is 12.5 Å². The minimum atomic E-state index is -2.54. The van der Waals surface area contributed by atoms with Gasteiger partial charge in [-0.25, -0.2) is 8.78 Å². The Morgan fingerprint density at radius 3 is 2.15 bits per heavy atom. The van der Waals surface area contributed by atoms with Crippen LogP contribution in [0.25, 0.3) is 0 Å². The summed E-state index contributed by atoms with van der Waals surface area (Å²) in [7, 11) is 0. The van der Waals surface area contributed by atoms with Crippen LogP contribution in [0.5, 0.6) is 0 Å². The SMILES string of the molecule is C#Cc1ccc(C(N)C(F)F)cc1. The second-order valence-electron chi connectivity index (χ2n) is 2.63. The summed E-state index contributed by atoms with van der Waals surface area (Å²) in [5.41, 5.74) is 6.28. The largest absolute Gasteiger partial charge is 0.319 e. The molecule has 0 radical (unpaired) electrons. The summed E-state index contributed by atoms with van der Waals surface area (Å²) in [4.78, 5) is 0. The van der Waals surface area contributed by atoms with Crippen LogP contribution >= 0.6 is 0 Å². The lowest BCUT2D eigenvalue weighted by molar-refractivity contribution is 0.116. The first-order chi connectivity index (χ1) is 6.15. The molecule has 0 aromatic heterocycles. The van der Waals surface area contributed by atoms with E-state index in [1.54, 1.807) is 12.1 Å². The predicted molar refractivity (Wildman–Crippen MR) is 47.3 cm³/mol. The molecule has 0 aliphatic heterocycles. The van der Waals surface area contributed by atoms with Crippen LogP contribution < -0.4 is 5.73 Å². The highest BCUT2D eigenvalue weighted by Crippen LogP contribution is 2.17. The first kappa shape index (κ1) is 9.69. The maximum absolute atomic E-state index is 12.1. The lowest BCUT2D eigenvalue weighted by Gasteiger charge is -2.09. The zero-order valence-corrected chi connectivity index (χ0v) is 6.87. The molecule has 1 aromatic rings. The molecule has 1 atom stereocenters. The summed E-state index contributed by atoms with van der Waals surface area (Å²) in [6, 6.07) is 5.00. The van der Waals surface area contributed by atoms with Crippen molar-refractivity contribution in [2.75, 3.05) is 0 Å². The molecular weight excluding hydrogens is 172 g/mol. The van der Waals surface area contributed by atoms with Crippen molar-refractivity contribution in [2.24, 2.45) is 5.73 Å². The molecule has 13 heavy (non-hydrogen) atoms. The number of halogens is 2. The number of hydrogen-bond acceptors (Lipinski definition) is 1. The third kappa shape index (κ3) is 2.27. The first-order valence-corrected chi connectivity index (χ1v) is 3.75. The van der Waals surface area contributed by atoms with Gasteiger partial charge in [-0.1, -0.05) is 18.1 Å². The molecule has 0 bridgehead atoms. The van der Waals surface area contributed by atoms with Gasteiger partial charge in [0, 0.05) is 5.56 Å². The van der Waals surface area contributed by atoms with E-state index in [0.717, 1.165) is 0 Å². The Kier molecular flexibility index (Phi) is 2.99. The zero-order valence-electron chi connectivity index (χ0n) is 6.87. The minimum absolute atomic E-state index is 0.397. The van der Waals surface area contributed by atoms with Crippen LogP contribution in [-0.4, -0.2) is 6.43 Å². The predicted octanol–water partition coefficient (Wildman–Crippen LogP) is 1.93. The smallest absolute Gasteiger partial charge is 0.257 e. The van der Waals surface area contributed by atoms with Crippen molar-refractivity contribution in [3.05, 3.63) is 35.4 Å². The van der Waals surface area contributed by atoms with Crippen LogP contribution in [0.1, 0.15) is 17.2 Å². The van der Waals surface area contributed by atoms with Gasteiger partial charge >= 0.3 is 0 Å². The molecule has 1 rings (SSSR count). The Morgan fingerprint density at radius 1 is 1.23 bits per heavy atom. The Morgan fingerprint density at radius 2 is 1.77 bits per heavy atom. The highest BCUT2D eigenvalue weighted by Gasteiger charge is 2.16. The van der Waals surface area contributed by atoms with E-state index in [4.69, 9.17) is 12.2 Å². The van der Waals surface area contributed by atoms with Gasteiger partial charge in [-0.3, -0.25) is 0 Å². The van der Waals surface area contributed by atoms with Gasteiger partial charge in [-0.2, -0.15) is 0 Å². The molecule has 0 saturated heterocycles. The Bertz CT molecular complexity index is 311. The van der Waals surface area contributed by atoms with E-state index in [2.05, 4.69) is 5.92 Å². The average Bonchev–Trinajstić information content (AvgIpc) is 2.17. The maximum Gasteiger partial charge on any atom is 0.257 e. The van der Waals surface area contributed by atoms with E-state index in [-0.39, 0.29) is 0 Å². The highest BCUT2D eigenvalue weighted by atomic mass is 19.3. The fourth-order valence-corrected chi connectivity index (χ4v) is 0.947. The maximum atomic E-state index is 12.1. The number of benzene rings is 1. The summed E-state index contributed by atoms with van der Waals surface area (Å²) in [5.74, 6) is 2.39. The molecule has 1 nitrogen and oxygen atoms in total. The molecule has 0 aliphatic rings. The van der Waals surface area contributed by atoms with E-state index >= 15 is 0 Å². The van der Waals surface area contributed by atoms with Crippen molar-refractivity contribution >= 4 is 0 Å². The van der Waals surface area contributed by atoms with E-state index in [9.17, 15) is 8.78 Å². The summed E-state index contributed by atoms with van der Waals surface area (Å²) in [6.07, 6.45) is 2.56. The molecule has 0 amide bonds. The highest BCUT2D eigenvalue weighted by molar-refractivity contribution is 5.35. The monoisotopic (exact) mass is 181 g/mol. The molecule has 0 saturated carbocycles. The molecule has 1 unspecified atom stereocenters. The summed E-state index contributed by atoms with van der Waals surface area (Å²) >= 11 is 0. The average molecular weight is 181 g/mol. The molecule has 0 aliphatic carbocycles. The Balaban J connectivity index is 2.87. The van der Waals surface area contributed by atoms with Crippen molar-refractivity contribution in [3.63, 3.8) is 0 Å². The summed E-state index contributed by atoms with van der Waals surface area (Å²) in [6.45, 7) is 0. The molecule has 0 spiro atoms. The topological polar surface area (TPSA) is 26.0 Å². The normalized spacial score (nSPS) is 12.5. The van der Waals surface area contributed by atoms with Gasteiger partial charge in [-0.15, -0.1) is 6.42 Å². The molecule has 3 heteroatoms. The fraction of sp³-hybridized carbons (Fsp3) is 0.200. The van der Waals surface area contributed by atoms with E-state index in [1.165, 1.54) is 12.1 Å². The fourth-order valence-electron chi connectivity index (χ4n) is 0.947. The van der Waals surface area contributed by atoms with Gasteiger partial charge in [0.1, 0.15) is 0 Å². The lowest BCUT2D eigenvalue weighted by atomic mass is 10.1. The molecule has 1 aromatic carbocycles. The van der Waals surface area contributed by atoms with Crippen LogP contribution in [-0.2, 0) is 0 Å². The molecule has 0 heterocycles. The van der Waals surface area contributed by atoms with E-state index in [0.29, 0.717) is 11.1 Å². The lowest BCUT2D eigenvalue weighted by Crippen LogP contribution is -2.18. The van der Waals surface area contributed by atoms with Gasteiger partial charge in [-0.05, 0) is 17.7 Å². The Labute approximate surface area is 75.6 Å². The third-order valence-electron chi connectivity index (χ3n) is 1.73. The van der Waals surface area contributed by atoms with Gasteiger partial charge in [0.2, 0.25) is 0 Å². The number of hydrogen-bond donors (Lipinski definition) is 1. The molecular formula is C10H9F2N. The van der Waals surface area contributed by atoms with Crippen molar-refractivity contribution in [3.8, 4) is 12.3 Å². The van der Waals surface area contributed by atoms with Crippen LogP contribution in [0.3, 0.4) is 0 Å². The number of rotatable bonds is 2. The van der Waals surface area contributed by atoms with Crippen molar-refractivity contribution in [1.29, 1.82) is 0 Å². The van der Waals surface area contributed by atoms with Gasteiger partial charge in [0.05, 0.1) is 6.04 Å². The van der Waals surface area contributed by atoms with Gasteiger partial charge in [0.25, 0.3) is 6.43 Å². The van der Waals surface area contributed by atoms with Crippen molar-refractivity contribution < 1.29 is 8.78 Å². The molecule has 0 fully saturated rings. The van der Waals surface area contributed by atoms with Crippen LogP contribution in [0.2, 0.25) is 0 Å². The summed E-state index contributed by atoms with van der Waals surface area (Å²) < 4.78 is 24.3. The standard InChI is InChI=1S/C10H9F2N/c1-2-7-3-5-8(6-4-7)9(13)10(11)12/h1,3-6,9-10H,13H2. The number of nitrogens with two attached hydrogens (primary N) is 1. The minimum Gasteiger partial charge on any atom is -0.319 e. The summed E-state index contributed by atoms with van der Waals surface area (Å²) in [5, 5.41) is 0. The van der Waals surface area contributed by atoms with Crippen LogP contribution in [0.4, 0.5) is 8.78 Å². The van der Waals surface area contributed by atoms with Gasteiger partial charge < -0.3 is 5.73 Å². The van der Waals surface area contributed by atoms with Crippen LogP contribution in [0.15, 0.2) is 24.3 Å².